The Hall–Kier alpha value is -0.660. The van der Waals surface area contributed by atoms with Crippen molar-refractivity contribution in [2.75, 3.05) is 31.8 Å². The number of carbonyl (C=O) groups is 1. The van der Waals surface area contributed by atoms with Gasteiger partial charge in [-0.05, 0) is 24.7 Å². The SMILES string of the molecule is CC1(CNC(=O)C(N)CCS(C)(=O)=O)CCOCC1. The van der Waals surface area contributed by atoms with Gasteiger partial charge in [-0.2, -0.15) is 0 Å². The van der Waals surface area contributed by atoms with E-state index >= 15 is 0 Å². The lowest BCUT2D eigenvalue weighted by molar-refractivity contribution is -0.123. The Bertz CT molecular complexity index is 402. The normalized spacial score (nSPS) is 20.8. The predicted molar refractivity (Wildman–Crippen MR) is 73.5 cm³/mol. The average Bonchev–Trinajstić information content (AvgIpc) is 2.33. The molecule has 0 aromatic heterocycles. The third-order valence-electron chi connectivity index (χ3n) is 3.53. The molecule has 1 atom stereocenters. The largest absolute Gasteiger partial charge is 0.381 e. The minimum Gasteiger partial charge on any atom is -0.381 e. The third-order valence-corrected chi connectivity index (χ3v) is 4.50. The molecule has 1 fully saturated rings. The van der Waals surface area contributed by atoms with Gasteiger partial charge in [0.05, 0.1) is 11.8 Å². The number of nitrogens with one attached hydrogen (secondary N) is 1. The lowest BCUT2D eigenvalue weighted by Gasteiger charge is -2.33. The van der Waals surface area contributed by atoms with Gasteiger partial charge in [-0.15, -0.1) is 0 Å². The molecule has 7 heteroatoms. The molecule has 1 amide bonds. The quantitative estimate of drug-likeness (QED) is 0.699. The summed E-state index contributed by atoms with van der Waals surface area (Å²) < 4.78 is 27.3. The van der Waals surface area contributed by atoms with E-state index < -0.39 is 15.9 Å². The molecule has 0 bridgehead atoms. The number of rotatable bonds is 6. The van der Waals surface area contributed by atoms with E-state index in [9.17, 15) is 13.2 Å². The molecule has 0 radical (unpaired) electrons. The molecule has 1 unspecified atom stereocenters. The lowest BCUT2D eigenvalue weighted by atomic mass is 9.82. The number of nitrogens with two attached hydrogens (primary N) is 1. The van der Waals surface area contributed by atoms with Crippen LogP contribution in [0.5, 0.6) is 0 Å². The second-order valence-electron chi connectivity index (χ2n) is 5.67. The molecule has 0 aromatic rings. The first-order valence-corrected chi connectivity index (χ1v) is 8.57. The summed E-state index contributed by atoms with van der Waals surface area (Å²) in [7, 11) is -3.08. The zero-order valence-corrected chi connectivity index (χ0v) is 12.5. The molecule has 0 spiro atoms. The monoisotopic (exact) mass is 292 g/mol. The van der Waals surface area contributed by atoms with E-state index in [1.165, 1.54) is 0 Å². The lowest BCUT2D eigenvalue weighted by Crippen LogP contribution is -2.46. The summed E-state index contributed by atoms with van der Waals surface area (Å²) in [6, 6.07) is -0.766. The van der Waals surface area contributed by atoms with Crippen LogP contribution in [-0.4, -0.2) is 52.1 Å². The van der Waals surface area contributed by atoms with Crippen molar-refractivity contribution < 1.29 is 17.9 Å². The molecule has 0 saturated carbocycles. The maximum absolute atomic E-state index is 11.8. The van der Waals surface area contributed by atoms with Crippen LogP contribution in [0.15, 0.2) is 0 Å². The van der Waals surface area contributed by atoms with E-state index in [4.69, 9.17) is 10.5 Å². The van der Waals surface area contributed by atoms with Crippen LogP contribution in [0.4, 0.5) is 0 Å². The minimum absolute atomic E-state index is 0.0461. The van der Waals surface area contributed by atoms with E-state index in [0.29, 0.717) is 19.8 Å². The van der Waals surface area contributed by atoms with Crippen molar-refractivity contribution in [3.05, 3.63) is 0 Å². The van der Waals surface area contributed by atoms with Gasteiger partial charge in [-0.1, -0.05) is 6.92 Å². The summed E-state index contributed by atoms with van der Waals surface area (Å²) in [6.07, 6.45) is 3.11. The van der Waals surface area contributed by atoms with Crippen molar-refractivity contribution in [1.82, 2.24) is 5.32 Å². The molecule has 0 aromatic carbocycles. The third kappa shape index (κ3) is 6.35. The van der Waals surface area contributed by atoms with Gasteiger partial charge < -0.3 is 15.8 Å². The van der Waals surface area contributed by atoms with Crippen LogP contribution in [0.1, 0.15) is 26.2 Å². The van der Waals surface area contributed by atoms with Crippen LogP contribution in [0, 0.1) is 5.41 Å². The fourth-order valence-electron chi connectivity index (χ4n) is 1.94. The number of sulfone groups is 1. The zero-order chi connectivity index (χ0) is 14.5. The Labute approximate surface area is 115 Å². The number of hydrogen-bond donors (Lipinski definition) is 2. The molecule has 1 saturated heterocycles. The molecule has 112 valence electrons. The van der Waals surface area contributed by atoms with E-state index in [-0.39, 0.29) is 23.5 Å². The maximum atomic E-state index is 11.8. The highest BCUT2D eigenvalue weighted by molar-refractivity contribution is 7.90. The summed E-state index contributed by atoms with van der Waals surface area (Å²) in [6.45, 7) is 4.10. The predicted octanol–water partition coefficient (Wildman–Crippen LogP) is -0.319. The molecule has 1 aliphatic heterocycles. The van der Waals surface area contributed by atoms with Gasteiger partial charge in [0.1, 0.15) is 9.84 Å². The molecule has 3 N–H and O–H groups in total. The van der Waals surface area contributed by atoms with Gasteiger partial charge in [0.2, 0.25) is 5.91 Å². The van der Waals surface area contributed by atoms with Crippen molar-refractivity contribution in [2.24, 2.45) is 11.1 Å². The van der Waals surface area contributed by atoms with Crippen molar-refractivity contribution >= 4 is 15.7 Å². The molecule has 1 rings (SSSR count). The molecule has 0 aliphatic carbocycles. The first-order chi connectivity index (χ1) is 8.72. The van der Waals surface area contributed by atoms with Crippen molar-refractivity contribution in [3.63, 3.8) is 0 Å². The van der Waals surface area contributed by atoms with Gasteiger partial charge in [0.25, 0.3) is 0 Å². The Balaban J connectivity index is 2.33. The minimum atomic E-state index is -3.08. The molecular formula is C12H24N2O4S. The topological polar surface area (TPSA) is 98.5 Å². The van der Waals surface area contributed by atoms with Crippen LogP contribution in [0.3, 0.4) is 0 Å². The van der Waals surface area contributed by atoms with Crippen LogP contribution in [-0.2, 0) is 19.4 Å². The summed E-state index contributed by atoms with van der Waals surface area (Å²) in [5, 5.41) is 2.81. The van der Waals surface area contributed by atoms with Gasteiger partial charge >= 0.3 is 0 Å². The highest BCUT2D eigenvalue weighted by Crippen LogP contribution is 2.28. The molecule has 19 heavy (non-hydrogen) atoms. The Kier molecular flexibility index (Phi) is 5.76. The molecular weight excluding hydrogens is 268 g/mol. The molecule has 6 nitrogen and oxygen atoms in total. The van der Waals surface area contributed by atoms with Crippen LogP contribution < -0.4 is 11.1 Å². The summed E-state index contributed by atoms with van der Waals surface area (Å²) in [4.78, 5) is 11.8. The smallest absolute Gasteiger partial charge is 0.236 e. The second kappa shape index (κ2) is 6.67. The van der Waals surface area contributed by atoms with E-state index in [0.717, 1.165) is 19.1 Å². The standard InChI is InChI=1S/C12H24N2O4S/c1-12(4-6-18-7-5-12)9-14-11(15)10(13)3-8-19(2,16)17/h10H,3-9,13H2,1-2H3,(H,14,15). The Morgan fingerprint density at radius 3 is 2.53 bits per heavy atom. The molecule has 1 heterocycles. The van der Waals surface area contributed by atoms with Crippen molar-refractivity contribution in [2.45, 2.75) is 32.2 Å². The van der Waals surface area contributed by atoms with Gasteiger partial charge in [-0.25, -0.2) is 8.42 Å². The van der Waals surface area contributed by atoms with E-state index in [1.807, 2.05) is 0 Å². The Morgan fingerprint density at radius 2 is 2.00 bits per heavy atom. The number of amides is 1. The fourth-order valence-corrected chi connectivity index (χ4v) is 2.63. The maximum Gasteiger partial charge on any atom is 0.236 e. The van der Waals surface area contributed by atoms with Crippen LogP contribution in [0.25, 0.3) is 0 Å². The highest BCUT2D eigenvalue weighted by Gasteiger charge is 2.28. The first kappa shape index (κ1) is 16.4. The summed E-state index contributed by atoms with van der Waals surface area (Å²) in [5.74, 6) is -0.344. The van der Waals surface area contributed by atoms with Crippen molar-refractivity contribution in [3.8, 4) is 0 Å². The average molecular weight is 292 g/mol. The van der Waals surface area contributed by atoms with Gasteiger partial charge in [0.15, 0.2) is 0 Å². The fraction of sp³-hybridized carbons (Fsp3) is 0.917. The van der Waals surface area contributed by atoms with E-state index in [2.05, 4.69) is 12.2 Å². The Morgan fingerprint density at radius 1 is 1.42 bits per heavy atom. The number of hydrogen-bond acceptors (Lipinski definition) is 5. The zero-order valence-electron chi connectivity index (χ0n) is 11.6. The molecule has 1 aliphatic rings. The first-order valence-electron chi connectivity index (χ1n) is 6.51. The van der Waals surface area contributed by atoms with Crippen LogP contribution >= 0.6 is 0 Å². The van der Waals surface area contributed by atoms with Gasteiger partial charge in [-0.3, -0.25) is 4.79 Å². The number of carbonyl (C=O) groups excluding carboxylic acids is 1. The second-order valence-corrected chi connectivity index (χ2v) is 7.93. The summed E-state index contributed by atoms with van der Waals surface area (Å²) >= 11 is 0. The van der Waals surface area contributed by atoms with Crippen molar-refractivity contribution in [1.29, 1.82) is 0 Å². The van der Waals surface area contributed by atoms with E-state index in [1.54, 1.807) is 0 Å². The van der Waals surface area contributed by atoms with Gasteiger partial charge in [0, 0.05) is 26.0 Å². The van der Waals surface area contributed by atoms with Crippen LogP contribution in [0.2, 0.25) is 0 Å². The number of ether oxygens (including phenoxy) is 1. The summed E-state index contributed by atoms with van der Waals surface area (Å²) in [5.41, 5.74) is 5.73. The highest BCUT2D eigenvalue weighted by atomic mass is 32.2.